The van der Waals surface area contributed by atoms with Crippen molar-refractivity contribution in [1.29, 1.82) is 0 Å². The number of carbonyl (C=O) groups is 2. The van der Waals surface area contributed by atoms with Crippen molar-refractivity contribution in [2.24, 2.45) is 0 Å². The maximum atomic E-state index is 12.6. The highest BCUT2D eigenvalue weighted by molar-refractivity contribution is 7.14. The van der Waals surface area contributed by atoms with Crippen LogP contribution in [-0.4, -0.2) is 54.2 Å². The van der Waals surface area contributed by atoms with Gasteiger partial charge in [-0.25, -0.2) is 9.78 Å². The summed E-state index contributed by atoms with van der Waals surface area (Å²) in [6.07, 6.45) is -1.13. The van der Waals surface area contributed by atoms with Crippen LogP contribution in [0.2, 0.25) is 0 Å². The molecule has 11 heteroatoms. The van der Waals surface area contributed by atoms with Gasteiger partial charge in [0.05, 0.1) is 29.4 Å². The number of aromatic nitrogens is 1. The maximum absolute atomic E-state index is 12.6. The number of rotatable bonds is 7. The quantitative estimate of drug-likeness (QED) is 0.307. The van der Waals surface area contributed by atoms with Crippen LogP contribution in [0.5, 0.6) is 0 Å². The molecule has 1 N–H and O–H groups in total. The van der Waals surface area contributed by atoms with E-state index in [2.05, 4.69) is 10.3 Å². The second-order valence-corrected chi connectivity index (χ2v) is 8.36. The first kappa shape index (κ1) is 23.3. The van der Waals surface area contributed by atoms with E-state index in [-0.39, 0.29) is 11.3 Å². The summed E-state index contributed by atoms with van der Waals surface area (Å²) in [5.41, 5.74) is 1.83. The molecule has 1 atom stereocenters. The molecule has 1 fully saturated rings. The standard InChI is InChI=1S/C23H22N4O6S/c1-15(21(28)25-23-24-18(14-34-23)16-5-3-2-4-6-16)33-22(29)17-7-8-19(20(13-17)27(30)31)26-9-11-32-12-10-26/h2-8,13-15H,9-12H2,1H3,(H,24,25,28). The van der Waals surface area contributed by atoms with Gasteiger partial charge in [-0.2, -0.15) is 0 Å². The minimum absolute atomic E-state index is 0.0102. The first-order valence-electron chi connectivity index (χ1n) is 10.6. The summed E-state index contributed by atoms with van der Waals surface area (Å²) in [5, 5.41) is 16.4. The molecule has 10 nitrogen and oxygen atoms in total. The van der Waals surface area contributed by atoms with Crippen LogP contribution in [0.3, 0.4) is 0 Å². The van der Waals surface area contributed by atoms with Crippen LogP contribution < -0.4 is 10.2 Å². The Morgan fingerprint density at radius 3 is 2.65 bits per heavy atom. The van der Waals surface area contributed by atoms with E-state index < -0.39 is 22.9 Å². The molecular weight excluding hydrogens is 460 g/mol. The topological polar surface area (TPSA) is 124 Å². The van der Waals surface area contributed by atoms with Gasteiger partial charge in [-0.05, 0) is 19.1 Å². The first-order chi connectivity index (χ1) is 16.4. The molecule has 0 aliphatic carbocycles. The third kappa shape index (κ3) is 5.38. The van der Waals surface area contributed by atoms with E-state index in [0.29, 0.717) is 37.1 Å². The fourth-order valence-corrected chi connectivity index (χ4v) is 4.15. The Kier molecular flexibility index (Phi) is 7.14. The molecule has 1 aliphatic heterocycles. The molecule has 1 aliphatic rings. The summed E-state index contributed by atoms with van der Waals surface area (Å²) in [6.45, 7) is 3.41. The minimum atomic E-state index is -1.13. The molecule has 3 aromatic rings. The van der Waals surface area contributed by atoms with Crippen LogP contribution in [0.25, 0.3) is 11.3 Å². The number of nitro groups is 1. The van der Waals surface area contributed by atoms with Crippen LogP contribution in [0.15, 0.2) is 53.9 Å². The van der Waals surface area contributed by atoms with E-state index in [0.717, 1.165) is 11.3 Å². The number of esters is 1. The Balaban J connectivity index is 1.41. The fraction of sp³-hybridized carbons (Fsp3) is 0.261. The third-order valence-corrected chi connectivity index (χ3v) is 5.97. The van der Waals surface area contributed by atoms with Crippen LogP contribution in [0.4, 0.5) is 16.5 Å². The lowest BCUT2D eigenvalue weighted by molar-refractivity contribution is -0.384. The van der Waals surface area contributed by atoms with Crippen molar-refractivity contribution in [3.05, 3.63) is 69.6 Å². The lowest BCUT2D eigenvalue weighted by Gasteiger charge is -2.28. The van der Waals surface area contributed by atoms with Crippen molar-refractivity contribution in [3.8, 4) is 11.3 Å². The lowest BCUT2D eigenvalue weighted by Crippen LogP contribution is -2.36. The SMILES string of the molecule is CC(OC(=O)c1ccc(N2CCOCC2)c([N+](=O)[O-])c1)C(=O)Nc1nc(-c2ccccc2)cs1. The van der Waals surface area contributed by atoms with Crippen LogP contribution >= 0.6 is 11.3 Å². The zero-order valence-corrected chi connectivity index (χ0v) is 19.1. The Morgan fingerprint density at radius 2 is 1.94 bits per heavy atom. The Morgan fingerprint density at radius 1 is 1.21 bits per heavy atom. The predicted molar refractivity (Wildman–Crippen MR) is 127 cm³/mol. The van der Waals surface area contributed by atoms with Gasteiger partial charge in [0.25, 0.3) is 11.6 Å². The van der Waals surface area contributed by atoms with Gasteiger partial charge in [0.15, 0.2) is 11.2 Å². The van der Waals surface area contributed by atoms with E-state index in [1.807, 2.05) is 40.6 Å². The predicted octanol–water partition coefficient (Wildman–Crippen LogP) is 3.74. The largest absolute Gasteiger partial charge is 0.449 e. The van der Waals surface area contributed by atoms with Gasteiger partial charge in [-0.1, -0.05) is 30.3 Å². The highest BCUT2D eigenvalue weighted by Crippen LogP contribution is 2.30. The average Bonchev–Trinajstić information content (AvgIpc) is 3.33. The second kappa shape index (κ2) is 10.4. The number of amides is 1. The molecular formula is C23H22N4O6S. The lowest BCUT2D eigenvalue weighted by atomic mass is 10.1. The number of ether oxygens (including phenoxy) is 2. The molecule has 1 aromatic heterocycles. The number of hydrogen-bond donors (Lipinski definition) is 1. The van der Waals surface area contributed by atoms with Crippen molar-refractivity contribution in [1.82, 2.24) is 4.98 Å². The zero-order chi connectivity index (χ0) is 24.1. The Labute approximate surface area is 199 Å². The Hall–Kier alpha value is -3.83. The summed E-state index contributed by atoms with van der Waals surface area (Å²) >= 11 is 1.25. The number of morpholine rings is 1. The van der Waals surface area contributed by atoms with Gasteiger partial charge < -0.3 is 14.4 Å². The van der Waals surface area contributed by atoms with E-state index in [1.54, 1.807) is 0 Å². The van der Waals surface area contributed by atoms with Crippen molar-refractivity contribution < 1.29 is 24.0 Å². The van der Waals surface area contributed by atoms with Gasteiger partial charge in [-0.15, -0.1) is 11.3 Å². The van der Waals surface area contributed by atoms with Crippen LogP contribution in [0.1, 0.15) is 17.3 Å². The summed E-state index contributed by atoms with van der Waals surface area (Å²) < 4.78 is 10.5. The van der Waals surface area contributed by atoms with Gasteiger partial charge in [0.1, 0.15) is 5.69 Å². The van der Waals surface area contributed by atoms with E-state index >= 15 is 0 Å². The monoisotopic (exact) mass is 482 g/mol. The Bertz CT molecular complexity index is 1190. The molecule has 0 spiro atoms. The van der Waals surface area contributed by atoms with Gasteiger partial charge in [0.2, 0.25) is 0 Å². The van der Waals surface area contributed by atoms with Gasteiger partial charge in [0, 0.05) is 30.1 Å². The van der Waals surface area contributed by atoms with Gasteiger partial charge in [-0.3, -0.25) is 20.2 Å². The van der Waals surface area contributed by atoms with Crippen molar-refractivity contribution >= 4 is 39.7 Å². The second-order valence-electron chi connectivity index (χ2n) is 7.50. The number of anilines is 2. The molecule has 34 heavy (non-hydrogen) atoms. The smallest absolute Gasteiger partial charge is 0.339 e. The molecule has 0 radical (unpaired) electrons. The molecule has 0 bridgehead atoms. The molecule has 1 amide bonds. The summed E-state index contributed by atoms with van der Waals surface area (Å²) in [5.74, 6) is -1.38. The molecule has 1 saturated heterocycles. The number of nitrogens with zero attached hydrogens (tertiary/aromatic N) is 3. The molecule has 2 heterocycles. The van der Waals surface area contributed by atoms with Crippen LogP contribution in [0, 0.1) is 10.1 Å². The zero-order valence-electron chi connectivity index (χ0n) is 18.3. The maximum Gasteiger partial charge on any atom is 0.339 e. The number of carbonyl (C=O) groups excluding carboxylic acids is 2. The number of thiazole rings is 1. The number of nitro benzene ring substituents is 1. The fourth-order valence-electron chi connectivity index (χ4n) is 3.43. The van der Waals surface area contributed by atoms with Crippen molar-refractivity contribution in [2.45, 2.75) is 13.0 Å². The summed E-state index contributed by atoms with van der Waals surface area (Å²) in [6, 6.07) is 13.7. The highest BCUT2D eigenvalue weighted by atomic mass is 32.1. The normalized spacial score (nSPS) is 14.3. The average molecular weight is 483 g/mol. The minimum Gasteiger partial charge on any atom is -0.449 e. The van der Waals surface area contributed by atoms with E-state index in [1.165, 1.54) is 36.5 Å². The molecule has 1 unspecified atom stereocenters. The third-order valence-electron chi connectivity index (χ3n) is 5.22. The molecule has 0 saturated carbocycles. The number of hydrogen-bond acceptors (Lipinski definition) is 9. The van der Waals surface area contributed by atoms with Crippen molar-refractivity contribution in [3.63, 3.8) is 0 Å². The molecule has 176 valence electrons. The number of benzene rings is 2. The summed E-state index contributed by atoms with van der Waals surface area (Å²) in [4.78, 5) is 42.4. The van der Waals surface area contributed by atoms with E-state index in [4.69, 9.17) is 9.47 Å². The summed E-state index contributed by atoms with van der Waals surface area (Å²) in [7, 11) is 0. The number of nitrogens with one attached hydrogen (secondary N) is 1. The van der Waals surface area contributed by atoms with E-state index in [9.17, 15) is 19.7 Å². The molecule has 2 aromatic carbocycles. The van der Waals surface area contributed by atoms with Crippen LogP contribution in [-0.2, 0) is 14.3 Å². The van der Waals surface area contributed by atoms with Crippen molar-refractivity contribution in [2.75, 3.05) is 36.5 Å². The van der Waals surface area contributed by atoms with Gasteiger partial charge >= 0.3 is 5.97 Å². The highest BCUT2D eigenvalue weighted by Gasteiger charge is 2.26. The molecule has 4 rings (SSSR count). The first-order valence-corrected chi connectivity index (χ1v) is 11.4.